The second-order valence-corrected chi connectivity index (χ2v) is 8.52. The van der Waals surface area contributed by atoms with Crippen LogP contribution in [0.1, 0.15) is 24.0 Å². The second kappa shape index (κ2) is 10.4. The summed E-state index contributed by atoms with van der Waals surface area (Å²) in [4.78, 5) is 11.4. The van der Waals surface area contributed by atoms with E-state index in [0.29, 0.717) is 37.6 Å². The highest BCUT2D eigenvalue weighted by Gasteiger charge is 2.36. The first-order chi connectivity index (χ1) is 15.9. The molecule has 1 aliphatic rings. The fraction of sp³-hybridized carbons (Fsp3) is 0.348. The molecule has 0 aliphatic carbocycles. The Labute approximate surface area is 195 Å². The maximum atomic E-state index is 14.6. The Morgan fingerprint density at radius 2 is 1.85 bits per heavy atom. The normalized spacial score (nSPS) is 16.4. The van der Waals surface area contributed by atoms with E-state index in [4.69, 9.17) is 16.4 Å². The van der Waals surface area contributed by atoms with Crippen molar-refractivity contribution >= 4 is 17.3 Å². The van der Waals surface area contributed by atoms with Crippen molar-refractivity contribution in [1.82, 2.24) is 19.7 Å². The van der Waals surface area contributed by atoms with Gasteiger partial charge in [-0.3, -0.25) is 4.90 Å². The van der Waals surface area contributed by atoms with Gasteiger partial charge in [0.1, 0.15) is 36.5 Å². The number of hydrogen-bond donors (Lipinski definition) is 1. The molecule has 1 atom stereocenters. The molecule has 0 radical (unpaired) electrons. The Kier molecular flexibility index (Phi) is 7.32. The van der Waals surface area contributed by atoms with E-state index in [1.54, 1.807) is 12.1 Å². The van der Waals surface area contributed by atoms with Gasteiger partial charge in [0, 0.05) is 49.1 Å². The molecule has 1 fully saturated rings. The van der Waals surface area contributed by atoms with E-state index in [1.807, 2.05) is 17.0 Å². The zero-order chi connectivity index (χ0) is 23.3. The molecule has 0 amide bonds. The maximum absolute atomic E-state index is 14.6. The highest BCUT2D eigenvalue weighted by molar-refractivity contribution is 6.30. The standard InChI is InChI=1S/C23H24ClF2N5O2/c24-18-3-1-17(2-4-18)12-33-29-20-7-9-30(10-8-20)13-23(32,14-31-16-27-15-28-31)21-6-5-19(25)11-22(21)26/h1-6,11,15-16,32H,7-10,12-14H2. The van der Waals surface area contributed by atoms with Crippen LogP contribution in [-0.4, -0.2) is 50.1 Å². The van der Waals surface area contributed by atoms with Gasteiger partial charge in [-0.15, -0.1) is 0 Å². The summed E-state index contributed by atoms with van der Waals surface area (Å²) < 4.78 is 29.5. The summed E-state index contributed by atoms with van der Waals surface area (Å²) in [6, 6.07) is 10.6. The van der Waals surface area contributed by atoms with Crippen LogP contribution in [0, 0.1) is 11.6 Å². The lowest BCUT2D eigenvalue weighted by atomic mass is 9.91. The van der Waals surface area contributed by atoms with Crippen molar-refractivity contribution in [2.75, 3.05) is 19.6 Å². The zero-order valence-electron chi connectivity index (χ0n) is 17.9. The molecule has 2 heterocycles. The number of benzene rings is 2. The van der Waals surface area contributed by atoms with Crippen molar-refractivity contribution in [3.8, 4) is 0 Å². The molecule has 174 valence electrons. The molecule has 0 saturated carbocycles. The number of likely N-dealkylation sites (tertiary alicyclic amines) is 1. The van der Waals surface area contributed by atoms with Crippen LogP contribution in [0.5, 0.6) is 0 Å². The van der Waals surface area contributed by atoms with Crippen molar-refractivity contribution in [1.29, 1.82) is 0 Å². The van der Waals surface area contributed by atoms with Gasteiger partial charge in [0.05, 0.1) is 12.3 Å². The topological polar surface area (TPSA) is 75.8 Å². The van der Waals surface area contributed by atoms with Gasteiger partial charge in [0.2, 0.25) is 0 Å². The highest BCUT2D eigenvalue weighted by Crippen LogP contribution is 2.28. The molecule has 10 heteroatoms. The number of aromatic nitrogens is 3. The molecule has 0 spiro atoms. The number of hydrogen-bond acceptors (Lipinski definition) is 6. The summed E-state index contributed by atoms with van der Waals surface area (Å²) in [7, 11) is 0. The number of aliphatic hydroxyl groups is 1. The van der Waals surface area contributed by atoms with Gasteiger partial charge in [-0.25, -0.2) is 18.4 Å². The van der Waals surface area contributed by atoms with E-state index >= 15 is 0 Å². The molecule has 3 aromatic rings. The highest BCUT2D eigenvalue weighted by atomic mass is 35.5. The van der Waals surface area contributed by atoms with Crippen LogP contribution in [0.3, 0.4) is 0 Å². The van der Waals surface area contributed by atoms with Crippen LogP contribution < -0.4 is 0 Å². The number of halogens is 3. The molecule has 7 nitrogen and oxygen atoms in total. The third kappa shape index (κ3) is 6.13. The number of nitrogens with zero attached hydrogens (tertiary/aromatic N) is 5. The molecule has 1 saturated heterocycles. The van der Waals surface area contributed by atoms with Crippen molar-refractivity contribution in [2.24, 2.45) is 5.16 Å². The summed E-state index contributed by atoms with van der Waals surface area (Å²) in [5.41, 5.74) is 0.296. The minimum atomic E-state index is -1.62. The van der Waals surface area contributed by atoms with Crippen LogP contribution in [0.2, 0.25) is 5.02 Å². The van der Waals surface area contributed by atoms with Crippen LogP contribution in [0.4, 0.5) is 8.78 Å². The van der Waals surface area contributed by atoms with Gasteiger partial charge >= 0.3 is 0 Å². The van der Waals surface area contributed by atoms with Crippen LogP contribution in [-0.2, 0) is 23.6 Å². The Morgan fingerprint density at radius 3 is 2.52 bits per heavy atom. The smallest absolute Gasteiger partial charge is 0.142 e. The van der Waals surface area contributed by atoms with Crippen LogP contribution in [0.15, 0.2) is 60.3 Å². The predicted octanol–water partition coefficient (Wildman–Crippen LogP) is 3.77. The maximum Gasteiger partial charge on any atom is 0.142 e. The average Bonchev–Trinajstić information content (AvgIpc) is 3.29. The van der Waals surface area contributed by atoms with Gasteiger partial charge in [-0.1, -0.05) is 35.0 Å². The van der Waals surface area contributed by atoms with Gasteiger partial charge < -0.3 is 9.94 Å². The molecule has 33 heavy (non-hydrogen) atoms. The van der Waals surface area contributed by atoms with E-state index in [0.717, 1.165) is 23.4 Å². The van der Waals surface area contributed by atoms with Gasteiger partial charge in [-0.05, 0) is 23.8 Å². The van der Waals surface area contributed by atoms with Gasteiger partial charge in [-0.2, -0.15) is 5.10 Å². The summed E-state index contributed by atoms with van der Waals surface area (Å²) in [6.07, 6.45) is 4.11. The van der Waals surface area contributed by atoms with E-state index in [2.05, 4.69) is 15.2 Å². The Balaban J connectivity index is 1.39. The van der Waals surface area contributed by atoms with Crippen molar-refractivity contribution in [2.45, 2.75) is 31.6 Å². The molecule has 1 aromatic heterocycles. The zero-order valence-corrected chi connectivity index (χ0v) is 18.6. The fourth-order valence-electron chi connectivity index (χ4n) is 3.88. The lowest BCUT2D eigenvalue weighted by molar-refractivity contribution is -0.0220. The van der Waals surface area contributed by atoms with Crippen LogP contribution >= 0.6 is 11.6 Å². The number of oxime groups is 1. The SMILES string of the molecule is OC(CN1CCC(=NOCc2ccc(Cl)cc2)CC1)(Cn1cncn1)c1ccc(F)cc1F. The number of piperidine rings is 1. The predicted molar refractivity (Wildman–Crippen MR) is 120 cm³/mol. The third-order valence-corrected chi connectivity index (χ3v) is 5.83. The summed E-state index contributed by atoms with van der Waals surface area (Å²) >= 11 is 5.88. The molecule has 2 aromatic carbocycles. The average molecular weight is 476 g/mol. The molecule has 1 N–H and O–H groups in total. The van der Waals surface area contributed by atoms with E-state index < -0.39 is 17.2 Å². The lowest BCUT2D eigenvalue weighted by Crippen LogP contribution is -2.47. The van der Waals surface area contributed by atoms with E-state index in [9.17, 15) is 13.9 Å². The Bertz CT molecular complexity index is 1080. The lowest BCUT2D eigenvalue weighted by Gasteiger charge is -2.36. The van der Waals surface area contributed by atoms with Crippen molar-refractivity contribution < 1.29 is 18.7 Å². The molecule has 1 aliphatic heterocycles. The number of β-amino-alcohol motifs (C(OH)–C–C–N with tert-alkyl or cyclic N) is 1. The van der Waals surface area contributed by atoms with E-state index in [1.165, 1.54) is 23.4 Å². The second-order valence-electron chi connectivity index (χ2n) is 8.08. The first-order valence-electron chi connectivity index (χ1n) is 10.6. The van der Waals surface area contributed by atoms with Gasteiger partial charge in [0.25, 0.3) is 0 Å². The molecular formula is C23H24ClF2N5O2. The molecule has 0 bridgehead atoms. The summed E-state index contributed by atoms with van der Waals surface area (Å²) in [5, 5.41) is 20.4. The third-order valence-electron chi connectivity index (χ3n) is 5.58. The largest absolute Gasteiger partial charge is 0.391 e. The minimum absolute atomic E-state index is 0.0167. The quantitative estimate of drug-likeness (QED) is 0.502. The first-order valence-corrected chi connectivity index (χ1v) is 10.9. The van der Waals surface area contributed by atoms with Crippen LogP contribution in [0.25, 0.3) is 0 Å². The summed E-state index contributed by atoms with van der Waals surface area (Å²) in [5.74, 6) is -1.50. The van der Waals surface area contributed by atoms with Crippen molar-refractivity contribution in [3.05, 3.63) is 82.9 Å². The summed E-state index contributed by atoms with van der Waals surface area (Å²) in [6.45, 7) is 1.72. The monoisotopic (exact) mass is 475 g/mol. The van der Waals surface area contributed by atoms with E-state index in [-0.39, 0.29) is 18.7 Å². The Morgan fingerprint density at radius 1 is 1.09 bits per heavy atom. The molecule has 1 unspecified atom stereocenters. The molecule has 4 rings (SSSR count). The Hall–Kier alpha value is -2.88. The fourth-order valence-corrected chi connectivity index (χ4v) is 4.00. The number of rotatable bonds is 8. The van der Waals surface area contributed by atoms with Crippen molar-refractivity contribution in [3.63, 3.8) is 0 Å². The van der Waals surface area contributed by atoms with Gasteiger partial charge in [0.15, 0.2) is 0 Å². The minimum Gasteiger partial charge on any atom is -0.391 e. The first kappa shape index (κ1) is 23.3. The molecular weight excluding hydrogens is 452 g/mol.